The van der Waals surface area contributed by atoms with Crippen molar-refractivity contribution in [3.63, 3.8) is 0 Å². The molecule has 2 nitrogen and oxygen atoms in total. The number of ether oxygens (including phenoxy) is 1. The SMILES string of the molecule is CCOC(=O)/C(C)=C/c1cc(F)cc(C(F)(F)F)c1. The molecule has 0 aliphatic rings. The lowest BCUT2D eigenvalue weighted by Crippen LogP contribution is -2.07. The maximum Gasteiger partial charge on any atom is 0.416 e. The second kappa shape index (κ2) is 5.86. The van der Waals surface area contributed by atoms with Crippen molar-refractivity contribution in [1.82, 2.24) is 0 Å². The van der Waals surface area contributed by atoms with Crippen molar-refractivity contribution >= 4 is 12.0 Å². The first-order chi connectivity index (χ1) is 8.74. The molecule has 0 heterocycles. The number of hydrogen-bond acceptors (Lipinski definition) is 2. The molecule has 0 aromatic heterocycles. The molecule has 0 aliphatic carbocycles. The van der Waals surface area contributed by atoms with Crippen LogP contribution >= 0.6 is 0 Å². The Morgan fingerprint density at radius 3 is 2.47 bits per heavy atom. The Hall–Kier alpha value is -1.85. The lowest BCUT2D eigenvalue weighted by atomic mass is 10.1. The summed E-state index contributed by atoms with van der Waals surface area (Å²) in [6.07, 6.45) is -3.49. The molecule has 0 saturated carbocycles. The quantitative estimate of drug-likeness (QED) is 0.476. The van der Waals surface area contributed by atoms with Gasteiger partial charge in [-0.25, -0.2) is 9.18 Å². The van der Waals surface area contributed by atoms with Gasteiger partial charge < -0.3 is 4.74 Å². The van der Waals surface area contributed by atoms with Gasteiger partial charge in [0.2, 0.25) is 0 Å². The Morgan fingerprint density at radius 2 is 1.95 bits per heavy atom. The molecular formula is C13H12F4O2. The molecule has 1 aromatic carbocycles. The van der Waals surface area contributed by atoms with Gasteiger partial charge in [0.25, 0.3) is 0 Å². The highest BCUT2D eigenvalue weighted by Gasteiger charge is 2.31. The zero-order chi connectivity index (χ0) is 14.6. The third kappa shape index (κ3) is 4.39. The van der Waals surface area contributed by atoms with Crippen molar-refractivity contribution in [2.45, 2.75) is 20.0 Å². The van der Waals surface area contributed by atoms with Crippen molar-refractivity contribution in [2.75, 3.05) is 6.61 Å². The fourth-order valence-corrected chi connectivity index (χ4v) is 1.41. The largest absolute Gasteiger partial charge is 0.463 e. The number of hydrogen-bond donors (Lipinski definition) is 0. The van der Waals surface area contributed by atoms with Gasteiger partial charge in [-0.2, -0.15) is 13.2 Å². The van der Waals surface area contributed by atoms with Gasteiger partial charge in [0.05, 0.1) is 12.2 Å². The molecule has 0 aliphatic heterocycles. The molecule has 0 fully saturated rings. The van der Waals surface area contributed by atoms with Crippen LogP contribution in [0.5, 0.6) is 0 Å². The molecule has 0 bridgehead atoms. The van der Waals surface area contributed by atoms with Crippen LogP contribution in [0.25, 0.3) is 6.08 Å². The van der Waals surface area contributed by atoms with Gasteiger partial charge in [0.1, 0.15) is 5.82 Å². The van der Waals surface area contributed by atoms with Crippen LogP contribution in [0.2, 0.25) is 0 Å². The van der Waals surface area contributed by atoms with E-state index in [1.54, 1.807) is 6.92 Å². The van der Waals surface area contributed by atoms with E-state index in [0.29, 0.717) is 6.07 Å². The summed E-state index contributed by atoms with van der Waals surface area (Å²) in [4.78, 5) is 11.3. The second-order valence-corrected chi connectivity index (χ2v) is 3.82. The summed E-state index contributed by atoms with van der Waals surface area (Å²) < 4.78 is 55.2. The number of carbonyl (C=O) groups excluding carboxylic acids is 1. The van der Waals surface area contributed by atoms with E-state index in [-0.39, 0.29) is 17.7 Å². The summed E-state index contributed by atoms with van der Waals surface area (Å²) in [7, 11) is 0. The highest BCUT2D eigenvalue weighted by atomic mass is 19.4. The lowest BCUT2D eigenvalue weighted by Gasteiger charge is -2.08. The predicted molar refractivity (Wildman–Crippen MR) is 61.7 cm³/mol. The number of alkyl halides is 3. The molecule has 0 radical (unpaired) electrons. The number of esters is 1. The van der Waals surface area contributed by atoms with Crippen molar-refractivity contribution in [2.24, 2.45) is 0 Å². The standard InChI is InChI=1S/C13H12F4O2/c1-3-19-12(18)8(2)4-9-5-10(13(15,16)17)7-11(14)6-9/h4-7H,3H2,1-2H3/b8-4+. The minimum Gasteiger partial charge on any atom is -0.463 e. The highest BCUT2D eigenvalue weighted by molar-refractivity contribution is 5.93. The topological polar surface area (TPSA) is 26.3 Å². The number of benzene rings is 1. The molecule has 0 spiro atoms. The second-order valence-electron chi connectivity index (χ2n) is 3.82. The highest BCUT2D eigenvalue weighted by Crippen LogP contribution is 2.30. The van der Waals surface area contributed by atoms with Crippen molar-refractivity contribution in [3.8, 4) is 0 Å². The molecule has 104 valence electrons. The maximum atomic E-state index is 13.1. The molecule has 0 unspecified atom stereocenters. The Kier molecular flexibility index (Phi) is 4.69. The number of carbonyl (C=O) groups is 1. The van der Waals surface area contributed by atoms with Crippen LogP contribution in [0.4, 0.5) is 17.6 Å². The third-order valence-corrected chi connectivity index (χ3v) is 2.23. The Bertz CT molecular complexity index is 504. The zero-order valence-electron chi connectivity index (χ0n) is 10.3. The minimum absolute atomic E-state index is 0.0436. The fourth-order valence-electron chi connectivity index (χ4n) is 1.41. The van der Waals surface area contributed by atoms with E-state index in [1.165, 1.54) is 6.92 Å². The van der Waals surface area contributed by atoms with Crippen LogP contribution in [-0.4, -0.2) is 12.6 Å². The van der Waals surface area contributed by atoms with Crippen LogP contribution in [0.3, 0.4) is 0 Å². The van der Waals surface area contributed by atoms with E-state index in [4.69, 9.17) is 0 Å². The van der Waals surface area contributed by atoms with Crippen molar-refractivity contribution < 1.29 is 27.1 Å². The van der Waals surface area contributed by atoms with Gasteiger partial charge in [-0.3, -0.25) is 0 Å². The van der Waals surface area contributed by atoms with Gasteiger partial charge >= 0.3 is 12.1 Å². The first-order valence-electron chi connectivity index (χ1n) is 5.47. The summed E-state index contributed by atoms with van der Waals surface area (Å²) >= 11 is 0. The Balaban J connectivity index is 3.12. The van der Waals surface area contributed by atoms with E-state index in [2.05, 4.69) is 4.74 Å². The molecule has 0 amide bonds. The molecule has 6 heteroatoms. The van der Waals surface area contributed by atoms with Crippen LogP contribution in [-0.2, 0) is 15.7 Å². The van der Waals surface area contributed by atoms with Gasteiger partial charge in [-0.15, -0.1) is 0 Å². The van der Waals surface area contributed by atoms with Crippen LogP contribution < -0.4 is 0 Å². The normalized spacial score (nSPS) is 12.4. The molecule has 19 heavy (non-hydrogen) atoms. The molecular weight excluding hydrogens is 264 g/mol. The van der Waals surface area contributed by atoms with Gasteiger partial charge in [-0.1, -0.05) is 0 Å². The molecule has 0 N–H and O–H groups in total. The van der Waals surface area contributed by atoms with E-state index in [0.717, 1.165) is 18.2 Å². The van der Waals surface area contributed by atoms with E-state index in [1.807, 2.05) is 0 Å². The Morgan fingerprint density at radius 1 is 1.32 bits per heavy atom. The summed E-state index contributed by atoms with van der Waals surface area (Å²) in [5.41, 5.74) is -1.05. The van der Waals surface area contributed by atoms with Crippen LogP contribution in [0.15, 0.2) is 23.8 Å². The maximum absolute atomic E-state index is 13.1. The molecule has 0 atom stereocenters. The summed E-state index contributed by atoms with van der Waals surface area (Å²) in [6, 6.07) is 2.08. The van der Waals surface area contributed by atoms with E-state index in [9.17, 15) is 22.4 Å². The van der Waals surface area contributed by atoms with Crippen LogP contribution in [0, 0.1) is 5.82 Å². The molecule has 1 rings (SSSR count). The predicted octanol–water partition coefficient (Wildman–Crippen LogP) is 3.81. The first-order valence-corrected chi connectivity index (χ1v) is 5.47. The average molecular weight is 276 g/mol. The number of rotatable bonds is 3. The third-order valence-electron chi connectivity index (χ3n) is 2.23. The van der Waals surface area contributed by atoms with Gasteiger partial charge in [0, 0.05) is 5.57 Å². The van der Waals surface area contributed by atoms with Gasteiger partial charge in [0.15, 0.2) is 0 Å². The van der Waals surface area contributed by atoms with Crippen molar-refractivity contribution in [3.05, 3.63) is 40.7 Å². The van der Waals surface area contributed by atoms with Crippen molar-refractivity contribution in [1.29, 1.82) is 0 Å². The number of halogens is 4. The Labute approximate surface area is 107 Å². The summed E-state index contributed by atoms with van der Waals surface area (Å²) in [5.74, 6) is -1.67. The zero-order valence-corrected chi connectivity index (χ0v) is 10.3. The summed E-state index contributed by atoms with van der Waals surface area (Å²) in [5, 5.41) is 0. The monoisotopic (exact) mass is 276 g/mol. The summed E-state index contributed by atoms with van der Waals surface area (Å²) in [6.45, 7) is 3.15. The molecule has 0 saturated heterocycles. The van der Waals surface area contributed by atoms with Crippen LogP contribution in [0.1, 0.15) is 25.0 Å². The van der Waals surface area contributed by atoms with E-state index < -0.39 is 23.5 Å². The average Bonchev–Trinajstić information content (AvgIpc) is 2.27. The van der Waals surface area contributed by atoms with Gasteiger partial charge in [-0.05, 0) is 43.7 Å². The van der Waals surface area contributed by atoms with E-state index >= 15 is 0 Å². The lowest BCUT2D eigenvalue weighted by molar-refractivity contribution is -0.138. The minimum atomic E-state index is -4.64. The smallest absolute Gasteiger partial charge is 0.416 e. The molecule has 1 aromatic rings. The first kappa shape index (κ1) is 15.2. The fraction of sp³-hybridized carbons (Fsp3) is 0.308.